The number of aryl methyl sites for hydroxylation is 1. The zero-order valence-corrected chi connectivity index (χ0v) is 65.1. The molecule has 0 spiro atoms. The van der Waals surface area contributed by atoms with Gasteiger partial charge in [0.1, 0.15) is 30.2 Å². The number of benzene rings is 6. The van der Waals surface area contributed by atoms with E-state index in [4.69, 9.17) is 34.8 Å². The number of sulfonamides is 3. The lowest BCUT2D eigenvalue weighted by Gasteiger charge is -2.39. The fourth-order valence-electron chi connectivity index (χ4n) is 13.2. The van der Waals surface area contributed by atoms with E-state index in [0.717, 1.165) is 61.1 Å². The van der Waals surface area contributed by atoms with Crippen molar-refractivity contribution in [2.75, 3.05) is 101 Å². The van der Waals surface area contributed by atoms with Crippen molar-refractivity contribution in [2.24, 2.45) is 0 Å². The van der Waals surface area contributed by atoms with E-state index in [9.17, 15) is 44.4 Å². The van der Waals surface area contributed by atoms with Crippen LogP contribution in [-0.4, -0.2) is 169 Å². The number of piperazine rings is 3. The van der Waals surface area contributed by atoms with Crippen LogP contribution in [0.25, 0.3) is 32.7 Å². The van der Waals surface area contributed by atoms with Gasteiger partial charge in [0.05, 0.1) is 25.2 Å². The van der Waals surface area contributed by atoms with Crippen molar-refractivity contribution in [3.63, 3.8) is 0 Å². The summed E-state index contributed by atoms with van der Waals surface area (Å²) in [6, 6.07) is 42.2. The summed E-state index contributed by atoms with van der Waals surface area (Å²) in [5, 5.41) is 16.4. The van der Waals surface area contributed by atoms with E-state index in [2.05, 4.69) is 54.8 Å². The smallest absolute Gasteiger partial charge is 0.263 e. The minimum absolute atomic E-state index is 0. The van der Waals surface area contributed by atoms with E-state index >= 15 is 0 Å². The highest BCUT2D eigenvalue weighted by Crippen LogP contribution is 2.34. The van der Waals surface area contributed by atoms with Crippen LogP contribution in [0.5, 0.6) is 0 Å². The maximum Gasteiger partial charge on any atom is 0.263 e. The van der Waals surface area contributed by atoms with E-state index in [1.807, 2.05) is 126 Å². The van der Waals surface area contributed by atoms with Crippen LogP contribution in [-0.2, 0) is 61.3 Å². The van der Waals surface area contributed by atoms with Gasteiger partial charge in [-0.05, 0) is 154 Å². The SMILES string of the molecule is CC(C)(C(=O)N1CCN(c2ccc(S(=O)(=O)Nc3nccs3)cc2)C(=O)C1)n1ccc2cccc(Cl)c21.Cc1cc2cc(Cl)ccc2n1C(C)C(=O)N1CCN(c2ccc(S(=O)(=O)Nc3nncs3)cc2)CC1.O=C(Cn1ccc2ccc(Cl)cc21)N1CCN(c2cccc(S(=O)(=O)Nc3nccs3)c2)CC1.[HH].[HH].[HH]. The van der Waals surface area contributed by atoms with Gasteiger partial charge in [-0.3, -0.25) is 33.3 Å². The van der Waals surface area contributed by atoms with Crippen LogP contribution in [0.4, 0.5) is 32.5 Å². The van der Waals surface area contributed by atoms with Crippen LogP contribution in [0.2, 0.25) is 15.1 Å². The van der Waals surface area contributed by atoms with Gasteiger partial charge in [-0.2, -0.15) is 0 Å². The number of aromatic nitrogens is 7. The maximum absolute atomic E-state index is 13.6. The zero-order valence-electron chi connectivity index (χ0n) is 57.9. The standard InChI is InChI=1S/C25H24ClN5O4S2.C24H25ClN6O3S2.C23H22ClN5O3S2.3H2/c1-25(2,31-12-10-17-4-3-5-20(26)22(17)31)23(33)29-13-14-30(21(32)16-29)18-6-8-19(9-7-18)37(34,35)28-24-27-11-15-36-24;1-16-13-18-14-19(25)3-8-22(18)31(16)17(2)23(32)30-11-9-29(10-12-30)20-4-6-21(7-5-20)36(33,34)28-24-27-26-15-35-24;24-18-5-4-17-6-8-29(21(17)14-18)16-22(30)28-11-9-27(10-12-28)19-2-1-3-20(15-19)34(31,32)26-23-25-7-13-33-23;;;/h3-12,15H,13-14,16H2,1-2H3,(H,27,28);3-8,13-15,17H,9-12H2,1-2H3,(H,27,28);1-8,13-15H,9-12,16H2,(H,25,26);3*1H. The summed E-state index contributed by atoms with van der Waals surface area (Å²) in [6.45, 7) is 13.2. The molecule has 9 heterocycles. The molecule has 1 atom stereocenters. The molecule has 12 aromatic rings. The molecule has 3 saturated heterocycles. The number of hydrogen-bond acceptors (Lipinski definition) is 19. The molecule has 3 aliphatic rings. The molecule has 0 aliphatic carbocycles. The topological polar surface area (TPSA) is 293 Å². The molecule has 107 heavy (non-hydrogen) atoms. The van der Waals surface area contributed by atoms with Crippen molar-refractivity contribution >= 4 is 188 Å². The van der Waals surface area contributed by atoms with Crippen LogP contribution in [0.15, 0.2) is 201 Å². The summed E-state index contributed by atoms with van der Waals surface area (Å²) >= 11 is 22.2. The van der Waals surface area contributed by atoms with Gasteiger partial charge in [0.25, 0.3) is 30.1 Å². The minimum atomic E-state index is -3.79. The van der Waals surface area contributed by atoms with Gasteiger partial charge < -0.3 is 43.1 Å². The highest BCUT2D eigenvalue weighted by molar-refractivity contribution is 7.93. The highest BCUT2D eigenvalue weighted by atomic mass is 35.5. The molecule has 26 nitrogen and oxygen atoms in total. The average Bonchev–Trinajstić information content (AvgIpc) is 1.53. The average molecular weight is 1630 g/mol. The lowest BCUT2D eigenvalue weighted by Crippen LogP contribution is -2.57. The van der Waals surface area contributed by atoms with Crippen molar-refractivity contribution in [1.29, 1.82) is 0 Å². The van der Waals surface area contributed by atoms with Crippen molar-refractivity contribution in [2.45, 2.75) is 60.5 Å². The molecule has 3 aliphatic heterocycles. The molecule has 562 valence electrons. The first-order valence-corrected chi connectivity index (χ1v) is 41.8. The lowest BCUT2D eigenvalue weighted by atomic mass is 10.0. The summed E-state index contributed by atoms with van der Waals surface area (Å²) < 4.78 is 88.9. The molecule has 3 fully saturated rings. The number of nitrogens with zero attached hydrogens (tertiary/aromatic N) is 13. The van der Waals surface area contributed by atoms with Gasteiger partial charge in [-0.1, -0.05) is 70.4 Å². The number of carbonyl (C=O) groups is 4. The Morgan fingerprint density at radius 1 is 0.561 bits per heavy atom. The number of halogens is 3. The van der Waals surface area contributed by atoms with Gasteiger partial charge in [0, 0.05) is 160 Å². The summed E-state index contributed by atoms with van der Waals surface area (Å²) in [5.74, 6) is -0.314. The highest BCUT2D eigenvalue weighted by Gasteiger charge is 2.39. The van der Waals surface area contributed by atoms with Crippen molar-refractivity contribution in [1.82, 2.24) is 48.6 Å². The predicted octanol–water partition coefficient (Wildman–Crippen LogP) is 13.0. The fraction of sp³-hybridized carbons (Fsp3) is 0.250. The lowest BCUT2D eigenvalue weighted by molar-refractivity contribution is -0.143. The first-order chi connectivity index (χ1) is 51.2. The summed E-state index contributed by atoms with van der Waals surface area (Å²) in [5.41, 5.74) is 6.49. The number of anilines is 6. The second-order valence-electron chi connectivity index (χ2n) is 25.8. The largest absolute Gasteiger partial charge is 0.368 e. The summed E-state index contributed by atoms with van der Waals surface area (Å²) in [4.78, 5) is 72.3. The molecule has 6 aromatic heterocycles. The van der Waals surface area contributed by atoms with Crippen molar-refractivity contribution < 1.29 is 48.7 Å². The first kappa shape index (κ1) is 75.6. The molecular weight excluding hydrogens is 1550 g/mol. The number of hydrogen-bond donors (Lipinski definition) is 3. The first-order valence-electron chi connectivity index (χ1n) is 33.6. The molecule has 35 heteroatoms. The Labute approximate surface area is 648 Å². The normalized spacial score (nSPS) is 14.9. The van der Waals surface area contributed by atoms with E-state index < -0.39 is 35.6 Å². The maximum atomic E-state index is 13.6. The number of fused-ring (bicyclic) bond motifs is 3. The molecule has 0 bridgehead atoms. The van der Waals surface area contributed by atoms with Crippen LogP contribution in [0.3, 0.4) is 0 Å². The second-order valence-corrected chi connectivity index (χ2v) is 34.7. The van der Waals surface area contributed by atoms with Crippen LogP contribution < -0.4 is 28.9 Å². The number of nitrogens with one attached hydrogen (secondary N) is 3. The third-order valence-corrected chi connectivity index (χ3v) is 25.8. The van der Waals surface area contributed by atoms with E-state index in [1.165, 1.54) is 46.5 Å². The van der Waals surface area contributed by atoms with Gasteiger partial charge >= 0.3 is 0 Å². The number of para-hydroxylation sites is 1. The molecule has 0 radical (unpaired) electrons. The Morgan fingerprint density at radius 3 is 1.77 bits per heavy atom. The Morgan fingerprint density at radius 2 is 1.14 bits per heavy atom. The molecule has 3 N–H and O–H groups in total. The zero-order chi connectivity index (χ0) is 75.5. The van der Waals surface area contributed by atoms with E-state index in [1.54, 1.807) is 87.4 Å². The number of amides is 4. The summed E-state index contributed by atoms with van der Waals surface area (Å²) in [7, 11) is -11.2. The van der Waals surface area contributed by atoms with Gasteiger partial charge in [0.15, 0.2) is 10.3 Å². The third-order valence-electron chi connectivity index (χ3n) is 18.7. The predicted molar refractivity (Wildman–Crippen MR) is 428 cm³/mol. The van der Waals surface area contributed by atoms with E-state index in [0.29, 0.717) is 84.8 Å². The van der Waals surface area contributed by atoms with Crippen LogP contribution in [0, 0.1) is 6.92 Å². The Kier molecular flexibility index (Phi) is 22.4. The molecule has 4 amide bonds. The van der Waals surface area contributed by atoms with Crippen LogP contribution in [0.1, 0.15) is 36.8 Å². The fourth-order valence-corrected chi connectivity index (χ4v) is 19.1. The second kappa shape index (κ2) is 31.7. The van der Waals surface area contributed by atoms with Crippen molar-refractivity contribution in [3.8, 4) is 0 Å². The Hall–Kier alpha value is -9.64. The third kappa shape index (κ3) is 16.9. The molecule has 15 rings (SSSR count). The van der Waals surface area contributed by atoms with E-state index in [-0.39, 0.29) is 78.5 Å². The molecule has 1 unspecified atom stereocenters. The number of rotatable bonds is 18. The summed E-state index contributed by atoms with van der Waals surface area (Å²) in [6.07, 6.45) is 6.80. The molecule has 0 saturated carbocycles. The Bertz CT molecular complexity index is 5620. The number of thiazole rings is 2. The minimum Gasteiger partial charge on any atom is -0.368 e. The molecule has 6 aromatic carbocycles. The van der Waals surface area contributed by atoms with Crippen molar-refractivity contribution in [3.05, 3.63) is 207 Å². The van der Waals surface area contributed by atoms with Crippen LogP contribution >= 0.6 is 68.8 Å². The number of carbonyl (C=O) groups excluding carboxylic acids is 4. The Balaban J connectivity index is 0.000000173. The van der Waals surface area contributed by atoms with Gasteiger partial charge in [-0.25, -0.2) is 35.2 Å². The quantitative estimate of drug-likeness (QED) is 0.0719. The van der Waals surface area contributed by atoms with Gasteiger partial charge in [0.2, 0.25) is 28.8 Å². The monoisotopic (exact) mass is 1620 g/mol. The van der Waals surface area contributed by atoms with Gasteiger partial charge in [-0.15, -0.1) is 32.9 Å². The molecular formula is C72H77Cl3N16O10S6.